The summed E-state index contributed by atoms with van der Waals surface area (Å²) in [5.41, 5.74) is 1.10. The molecule has 1 aromatic rings. The van der Waals surface area contributed by atoms with Crippen LogP contribution in [0.4, 0.5) is 0 Å². The van der Waals surface area contributed by atoms with E-state index in [1.54, 1.807) is 12.3 Å². The molecular weight excluding hydrogens is 190 g/mol. The van der Waals surface area contributed by atoms with E-state index in [0.29, 0.717) is 0 Å². The lowest BCUT2D eigenvalue weighted by Gasteiger charge is -1.91. The van der Waals surface area contributed by atoms with Crippen molar-refractivity contribution in [1.82, 2.24) is 0 Å². The number of carbonyl (C=O) groups is 1. The molecule has 1 rings (SSSR count). The SMILES string of the molecule is COC(=O)CN=C/C=C/c1ccccc1. The van der Waals surface area contributed by atoms with Crippen LogP contribution in [0.25, 0.3) is 6.08 Å². The normalized spacial score (nSPS) is 11.0. The maximum absolute atomic E-state index is 10.7. The summed E-state index contributed by atoms with van der Waals surface area (Å²) < 4.78 is 4.44. The maximum atomic E-state index is 10.7. The lowest BCUT2D eigenvalue weighted by Crippen LogP contribution is -2.03. The van der Waals surface area contributed by atoms with E-state index in [1.807, 2.05) is 36.4 Å². The number of esters is 1. The van der Waals surface area contributed by atoms with Gasteiger partial charge < -0.3 is 4.74 Å². The Morgan fingerprint density at radius 1 is 1.40 bits per heavy atom. The number of carbonyl (C=O) groups excluding carboxylic acids is 1. The van der Waals surface area contributed by atoms with E-state index >= 15 is 0 Å². The van der Waals surface area contributed by atoms with Gasteiger partial charge >= 0.3 is 5.97 Å². The lowest BCUT2D eigenvalue weighted by molar-refractivity contribution is -0.138. The van der Waals surface area contributed by atoms with Crippen molar-refractivity contribution in [3.8, 4) is 0 Å². The van der Waals surface area contributed by atoms with Gasteiger partial charge in [0.2, 0.25) is 0 Å². The molecule has 0 saturated carbocycles. The first-order valence-electron chi connectivity index (χ1n) is 4.61. The van der Waals surface area contributed by atoms with E-state index < -0.39 is 0 Å². The molecule has 0 fully saturated rings. The molecule has 78 valence electrons. The Kier molecular flexibility index (Phi) is 4.87. The molecule has 3 nitrogen and oxygen atoms in total. The summed E-state index contributed by atoms with van der Waals surface area (Å²) in [6, 6.07) is 9.87. The number of benzene rings is 1. The van der Waals surface area contributed by atoms with Crippen molar-refractivity contribution in [3.63, 3.8) is 0 Å². The molecule has 0 spiro atoms. The van der Waals surface area contributed by atoms with Crippen molar-refractivity contribution < 1.29 is 9.53 Å². The molecule has 0 bridgehead atoms. The molecule has 0 atom stereocenters. The maximum Gasteiger partial charge on any atom is 0.327 e. The molecule has 1 aromatic carbocycles. The van der Waals surface area contributed by atoms with Crippen LogP contribution >= 0.6 is 0 Å². The Labute approximate surface area is 89.1 Å². The first-order chi connectivity index (χ1) is 7.33. The molecule has 0 aliphatic carbocycles. The summed E-state index contributed by atoms with van der Waals surface area (Å²) in [5, 5.41) is 0. The summed E-state index contributed by atoms with van der Waals surface area (Å²) >= 11 is 0. The Bertz CT molecular complexity index is 355. The highest BCUT2D eigenvalue weighted by molar-refractivity contribution is 5.81. The first kappa shape index (κ1) is 11.2. The van der Waals surface area contributed by atoms with Crippen molar-refractivity contribution in [2.45, 2.75) is 0 Å². The first-order valence-corrected chi connectivity index (χ1v) is 4.61. The van der Waals surface area contributed by atoms with E-state index in [0.717, 1.165) is 5.56 Å². The molecule has 0 amide bonds. The molecule has 0 radical (unpaired) electrons. The van der Waals surface area contributed by atoms with Crippen LogP contribution in [-0.2, 0) is 9.53 Å². The Morgan fingerprint density at radius 3 is 2.80 bits per heavy atom. The molecule has 15 heavy (non-hydrogen) atoms. The second-order valence-corrected chi connectivity index (χ2v) is 2.84. The second kappa shape index (κ2) is 6.54. The van der Waals surface area contributed by atoms with Gasteiger partial charge in [0.25, 0.3) is 0 Å². The van der Waals surface area contributed by atoms with Gasteiger partial charge in [-0.2, -0.15) is 0 Å². The number of hydrogen-bond donors (Lipinski definition) is 0. The highest BCUT2D eigenvalue weighted by atomic mass is 16.5. The van der Waals surface area contributed by atoms with Gasteiger partial charge in [0.05, 0.1) is 7.11 Å². The summed E-state index contributed by atoms with van der Waals surface area (Å²) in [6.07, 6.45) is 5.29. The smallest absolute Gasteiger partial charge is 0.327 e. The topological polar surface area (TPSA) is 38.7 Å². The summed E-state index contributed by atoms with van der Waals surface area (Å²) in [5.74, 6) is -0.334. The second-order valence-electron chi connectivity index (χ2n) is 2.84. The van der Waals surface area contributed by atoms with Gasteiger partial charge in [-0.25, -0.2) is 0 Å². The number of methoxy groups -OCH3 is 1. The molecular formula is C12H13NO2. The predicted octanol–water partition coefficient (Wildman–Crippen LogP) is 1.94. The zero-order valence-electron chi connectivity index (χ0n) is 8.59. The predicted molar refractivity (Wildman–Crippen MR) is 60.9 cm³/mol. The number of aliphatic imine (C=N–C) groups is 1. The average Bonchev–Trinajstić information content (AvgIpc) is 2.29. The molecule has 0 heterocycles. The molecule has 3 heteroatoms. The third-order valence-electron chi connectivity index (χ3n) is 1.73. The minimum Gasteiger partial charge on any atom is -0.468 e. The number of hydrogen-bond acceptors (Lipinski definition) is 3. The number of nitrogens with zero attached hydrogens (tertiary/aromatic N) is 1. The molecule has 0 unspecified atom stereocenters. The van der Waals surface area contributed by atoms with E-state index in [9.17, 15) is 4.79 Å². The highest BCUT2D eigenvalue weighted by Crippen LogP contribution is 1.99. The van der Waals surface area contributed by atoms with E-state index in [-0.39, 0.29) is 12.5 Å². The fourth-order valence-electron chi connectivity index (χ4n) is 0.971. The largest absolute Gasteiger partial charge is 0.468 e. The zero-order valence-corrected chi connectivity index (χ0v) is 8.59. The van der Waals surface area contributed by atoms with Crippen LogP contribution in [0.1, 0.15) is 5.56 Å². The van der Waals surface area contributed by atoms with Crippen LogP contribution < -0.4 is 0 Å². The van der Waals surface area contributed by atoms with Gasteiger partial charge in [0, 0.05) is 6.21 Å². The van der Waals surface area contributed by atoms with Crippen molar-refractivity contribution in [2.24, 2.45) is 4.99 Å². The lowest BCUT2D eigenvalue weighted by atomic mass is 10.2. The van der Waals surface area contributed by atoms with Crippen molar-refractivity contribution in [2.75, 3.05) is 13.7 Å². The molecule has 0 saturated heterocycles. The highest BCUT2D eigenvalue weighted by Gasteiger charge is 1.92. The monoisotopic (exact) mass is 203 g/mol. The van der Waals surface area contributed by atoms with Crippen LogP contribution in [0.2, 0.25) is 0 Å². The molecule has 0 N–H and O–H groups in total. The fraction of sp³-hybridized carbons (Fsp3) is 0.167. The van der Waals surface area contributed by atoms with Crippen LogP contribution in [0.3, 0.4) is 0 Å². The fourth-order valence-corrected chi connectivity index (χ4v) is 0.971. The standard InChI is InChI=1S/C12H13NO2/c1-15-12(14)10-13-9-5-8-11-6-3-2-4-7-11/h2-9H,10H2,1H3/b8-5+,13-9?. The minimum absolute atomic E-state index is 0.0651. The third-order valence-corrected chi connectivity index (χ3v) is 1.73. The van der Waals surface area contributed by atoms with Crippen LogP contribution in [-0.4, -0.2) is 25.8 Å². The van der Waals surface area contributed by atoms with Crippen LogP contribution in [0, 0.1) is 0 Å². The van der Waals surface area contributed by atoms with Crippen molar-refractivity contribution in [1.29, 1.82) is 0 Å². The van der Waals surface area contributed by atoms with Gasteiger partial charge in [0.1, 0.15) is 6.54 Å². The number of rotatable bonds is 4. The minimum atomic E-state index is -0.334. The van der Waals surface area contributed by atoms with Crippen LogP contribution in [0.5, 0.6) is 0 Å². The summed E-state index contributed by atoms with van der Waals surface area (Å²) in [7, 11) is 1.34. The Morgan fingerprint density at radius 2 is 2.13 bits per heavy atom. The van der Waals surface area contributed by atoms with E-state index in [2.05, 4.69) is 9.73 Å². The van der Waals surface area contributed by atoms with Gasteiger partial charge in [0.15, 0.2) is 0 Å². The summed E-state index contributed by atoms with van der Waals surface area (Å²) in [4.78, 5) is 14.6. The number of ether oxygens (including phenoxy) is 1. The van der Waals surface area contributed by atoms with Crippen molar-refractivity contribution in [3.05, 3.63) is 42.0 Å². The van der Waals surface area contributed by atoms with E-state index in [4.69, 9.17) is 0 Å². The van der Waals surface area contributed by atoms with Gasteiger partial charge in [-0.3, -0.25) is 9.79 Å². The quantitative estimate of drug-likeness (QED) is 0.554. The molecule has 0 aliphatic rings. The molecule has 0 aromatic heterocycles. The van der Waals surface area contributed by atoms with Crippen molar-refractivity contribution >= 4 is 18.3 Å². The zero-order chi connectivity index (χ0) is 10.9. The van der Waals surface area contributed by atoms with E-state index in [1.165, 1.54) is 7.11 Å². The molecule has 0 aliphatic heterocycles. The van der Waals surface area contributed by atoms with Gasteiger partial charge in [-0.15, -0.1) is 0 Å². The Balaban J connectivity index is 2.37. The van der Waals surface area contributed by atoms with Gasteiger partial charge in [-0.1, -0.05) is 36.4 Å². The number of allylic oxidation sites excluding steroid dienone is 1. The summed E-state index contributed by atoms with van der Waals surface area (Å²) in [6.45, 7) is 0.0651. The van der Waals surface area contributed by atoms with Gasteiger partial charge in [-0.05, 0) is 11.6 Å². The van der Waals surface area contributed by atoms with Crippen LogP contribution in [0.15, 0.2) is 41.4 Å². The third kappa shape index (κ3) is 4.76. The Hall–Kier alpha value is -1.90. The average molecular weight is 203 g/mol.